The predicted molar refractivity (Wildman–Crippen MR) is 93.7 cm³/mol. The van der Waals surface area contributed by atoms with Crippen LogP contribution in [0.25, 0.3) is 0 Å². The normalized spacial score (nSPS) is 18.1. The van der Waals surface area contributed by atoms with Crippen molar-refractivity contribution in [2.45, 2.75) is 32.8 Å². The number of carbonyl (C=O) groups excluding carboxylic acids is 2. The molecular weight excluding hydrogens is 359 g/mol. The first kappa shape index (κ1) is 20.3. The van der Waals surface area contributed by atoms with E-state index in [1.165, 1.54) is 0 Å². The molecule has 0 fully saturated rings. The van der Waals surface area contributed by atoms with Crippen molar-refractivity contribution in [3.63, 3.8) is 0 Å². The first-order valence-electron chi connectivity index (χ1n) is 8.20. The molecule has 2 rings (SSSR count). The van der Waals surface area contributed by atoms with Crippen molar-refractivity contribution in [2.24, 2.45) is 5.73 Å². The lowest BCUT2D eigenvalue weighted by Crippen LogP contribution is -2.55. The number of nitrogens with one attached hydrogen (secondary N) is 1. The molecule has 0 bridgehead atoms. The number of amides is 3. The number of anilines is 1. The number of carboxylic acid groups (broad SMARTS) is 1. The highest BCUT2D eigenvalue weighted by molar-refractivity contribution is 5.99. The standard InChI is InChI=1S/C17H21FN4O5/c1-3-21-13(15(23)20-12-6-4-11(8-19)5-7-12)10(2)9-22(17(21)26)27-14(18)16(24)25/h4-7,9,13-14H,3,8,19H2,1-2H3,(H,20,23)(H,24,25)/t13-,14-/m0/s1. The Hall–Kier alpha value is -2.98. The van der Waals surface area contributed by atoms with Crippen LogP contribution in [0.15, 0.2) is 36.0 Å². The van der Waals surface area contributed by atoms with Gasteiger partial charge in [0.15, 0.2) is 0 Å². The van der Waals surface area contributed by atoms with Crippen LogP contribution in [0.1, 0.15) is 19.4 Å². The molecule has 27 heavy (non-hydrogen) atoms. The van der Waals surface area contributed by atoms with E-state index in [0.29, 0.717) is 22.9 Å². The molecule has 0 aromatic heterocycles. The van der Waals surface area contributed by atoms with Gasteiger partial charge in [-0.15, -0.1) is 0 Å². The van der Waals surface area contributed by atoms with E-state index in [-0.39, 0.29) is 6.54 Å². The van der Waals surface area contributed by atoms with Gasteiger partial charge in [-0.3, -0.25) is 4.79 Å². The van der Waals surface area contributed by atoms with E-state index in [9.17, 15) is 18.8 Å². The van der Waals surface area contributed by atoms with Gasteiger partial charge in [0.1, 0.15) is 6.04 Å². The van der Waals surface area contributed by atoms with Crippen LogP contribution in [-0.2, 0) is 21.0 Å². The molecule has 1 heterocycles. The number of carboxylic acids is 1. The van der Waals surface area contributed by atoms with Gasteiger partial charge in [0, 0.05) is 25.0 Å². The summed E-state index contributed by atoms with van der Waals surface area (Å²) in [6.45, 7) is 3.69. The number of urea groups is 1. The van der Waals surface area contributed by atoms with Gasteiger partial charge in [-0.1, -0.05) is 12.1 Å². The second-order valence-corrected chi connectivity index (χ2v) is 5.82. The second kappa shape index (κ2) is 8.60. The predicted octanol–water partition coefficient (Wildman–Crippen LogP) is 1.43. The van der Waals surface area contributed by atoms with Gasteiger partial charge in [0.25, 0.3) is 5.91 Å². The largest absolute Gasteiger partial charge is 0.477 e. The Morgan fingerprint density at radius 1 is 1.37 bits per heavy atom. The van der Waals surface area contributed by atoms with Gasteiger partial charge in [0.05, 0.1) is 0 Å². The fourth-order valence-corrected chi connectivity index (χ4v) is 2.61. The number of aliphatic carboxylic acids is 1. The van der Waals surface area contributed by atoms with E-state index in [1.54, 1.807) is 38.1 Å². The molecule has 0 saturated heterocycles. The Morgan fingerprint density at radius 2 is 2.00 bits per heavy atom. The lowest BCUT2D eigenvalue weighted by atomic mass is 10.1. The summed E-state index contributed by atoms with van der Waals surface area (Å²) in [5.74, 6) is -2.33. The fraction of sp³-hybridized carbons (Fsp3) is 0.353. The Labute approximate surface area is 155 Å². The monoisotopic (exact) mass is 380 g/mol. The highest BCUT2D eigenvalue weighted by atomic mass is 19.1. The van der Waals surface area contributed by atoms with Gasteiger partial charge in [-0.2, -0.15) is 5.06 Å². The zero-order valence-electron chi connectivity index (χ0n) is 14.9. The SMILES string of the molecule is CCN1C(=O)N(O[C@H](F)C(=O)O)C=C(C)[C@H]1C(=O)Nc1ccc(CN)cc1. The molecule has 0 unspecified atom stereocenters. The van der Waals surface area contributed by atoms with Crippen molar-refractivity contribution in [3.8, 4) is 0 Å². The summed E-state index contributed by atoms with van der Waals surface area (Å²) in [5.41, 5.74) is 7.35. The maximum absolute atomic E-state index is 13.3. The Morgan fingerprint density at radius 3 is 2.52 bits per heavy atom. The van der Waals surface area contributed by atoms with Gasteiger partial charge < -0.3 is 21.1 Å². The lowest BCUT2D eigenvalue weighted by molar-refractivity contribution is -0.207. The molecule has 1 aromatic carbocycles. The van der Waals surface area contributed by atoms with Crippen LogP contribution in [0.2, 0.25) is 0 Å². The van der Waals surface area contributed by atoms with Crippen molar-refractivity contribution in [2.75, 3.05) is 11.9 Å². The molecule has 1 aromatic rings. The molecule has 3 amide bonds. The maximum Gasteiger partial charge on any atom is 0.368 e. The lowest BCUT2D eigenvalue weighted by Gasteiger charge is -2.37. The van der Waals surface area contributed by atoms with Crippen LogP contribution in [0, 0.1) is 0 Å². The van der Waals surface area contributed by atoms with Gasteiger partial charge in [-0.25, -0.2) is 18.8 Å². The van der Waals surface area contributed by atoms with Crippen molar-refractivity contribution >= 4 is 23.6 Å². The molecule has 0 saturated carbocycles. The molecule has 0 aliphatic carbocycles. The maximum atomic E-state index is 13.3. The van der Waals surface area contributed by atoms with Crippen LogP contribution in [0.4, 0.5) is 14.9 Å². The summed E-state index contributed by atoms with van der Waals surface area (Å²) >= 11 is 0. The number of nitrogens with zero attached hydrogens (tertiary/aromatic N) is 2. The van der Waals surface area contributed by atoms with Crippen molar-refractivity contribution in [1.29, 1.82) is 0 Å². The summed E-state index contributed by atoms with van der Waals surface area (Å²) in [7, 11) is 0. The number of nitrogens with two attached hydrogens (primary N) is 1. The van der Waals surface area contributed by atoms with E-state index < -0.39 is 30.3 Å². The minimum absolute atomic E-state index is 0.123. The highest BCUT2D eigenvalue weighted by Crippen LogP contribution is 2.23. The number of alkyl halides is 1. The first-order chi connectivity index (χ1) is 12.8. The van der Waals surface area contributed by atoms with Gasteiger partial charge in [-0.05, 0) is 37.1 Å². The van der Waals surface area contributed by atoms with Crippen LogP contribution >= 0.6 is 0 Å². The number of hydrogen-bond acceptors (Lipinski definition) is 5. The number of hydroxylamine groups is 2. The molecule has 1 aliphatic heterocycles. The Kier molecular flexibility index (Phi) is 6.48. The number of benzene rings is 1. The van der Waals surface area contributed by atoms with Crippen molar-refractivity contribution in [3.05, 3.63) is 41.6 Å². The molecule has 2 atom stereocenters. The third-order valence-corrected chi connectivity index (χ3v) is 3.94. The summed E-state index contributed by atoms with van der Waals surface area (Å²) in [6.07, 6.45) is -1.60. The van der Waals surface area contributed by atoms with E-state index in [2.05, 4.69) is 10.2 Å². The minimum atomic E-state index is -2.71. The molecule has 146 valence electrons. The smallest absolute Gasteiger partial charge is 0.368 e. The summed E-state index contributed by atoms with van der Waals surface area (Å²) in [6, 6.07) is 5.13. The van der Waals surface area contributed by atoms with Crippen LogP contribution in [-0.4, -0.2) is 51.9 Å². The Bertz CT molecular complexity index is 752. The van der Waals surface area contributed by atoms with E-state index in [4.69, 9.17) is 10.8 Å². The molecule has 4 N–H and O–H groups in total. The average Bonchev–Trinajstić information content (AvgIpc) is 2.64. The van der Waals surface area contributed by atoms with Crippen LogP contribution < -0.4 is 11.1 Å². The number of halogens is 1. The molecule has 0 spiro atoms. The minimum Gasteiger partial charge on any atom is -0.477 e. The zero-order valence-corrected chi connectivity index (χ0v) is 14.9. The second-order valence-electron chi connectivity index (χ2n) is 5.82. The first-order valence-corrected chi connectivity index (χ1v) is 8.20. The van der Waals surface area contributed by atoms with Crippen LogP contribution in [0.5, 0.6) is 0 Å². The quantitative estimate of drug-likeness (QED) is 0.657. The fourth-order valence-electron chi connectivity index (χ4n) is 2.61. The number of rotatable bonds is 7. The van der Waals surface area contributed by atoms with Gasteiger partial charge in [0.2, 0.25) is 0 Å². The van der Waals surface area contributed by atoms with Crippen molar-refractivity contribution in [1.82, 2.24) is 9.96 Å². The van der Waals surface area contributed by atoms with E-state index >= 15 is 0 Å². The third-order valence-electron chi connectivity index (χ3n) is 3.94. The topological polar surface area (TPSA) is 125 Å². The molecular formula is C17H21FN4O5. The molecule has 9 nitrogen and oxygen atoms in total. The molecule has 0 radical (unpaired) electrons. The molecule has 10 heteroatoms. The molecule has 1 aliphatic rings. The number of likely N-dealkylation sites (N-methyl/N-ethyl adjacent to an activating group) is 1. The van der Waals surface area contributed by atoms with E-state index in [1.807, 2.05) is 0 Å². The Balaban J connectivity index is 2.20. The van der Waals surface area contributed by atoms with Gasteiger partial charge >= 0.3 is 18.4 Å². The summed E-state index contributed by atoms with van der Waals surface area (Å²) < 4.78 is 13.3. The summed E-state index contributed by atoms with van der Waals surface area (Å²) in [5, 5.41) is 11.8. The number of carbonyl (C=O) groups is 3. The highest BCUT2D eigenvalue weighted by Gasteiger charge is 2.39. The van der Waals surface area contributed by atoms with E-state index in [0.717, 1.165) is 16.7 Å². The number of hydrogen-bond donors (Lipinski definition) is 3. The van der Waals surface area contributed by atoms with Crippen LogP contribution in [0.3, 0.4) is 0 Å². The zero-order chi connectivity index (χ0) is 20.1. The van der Waals surface area contributed by atoms with Crippen molar-refractivity contribution < 1.29 is 28.7 Å². The third kappa shape index (κ3) is 4.60. The summed E-state index contributed by atoms with van der Waals surface area (Å²) in [4.78, 5) is 41.4. The average molecular weight is 380 g/mol.